The number of methoxy groups -OCH3 is 2. The molecule has 19 heavy (non-hydrogen) atoms. The zero-order valence-electron chi connectivity index (χ0n) is 11.8. The Bertz CT molecular complexity index is 421. The minimum absolute atomic E-state index is 0.0328. The van der Waals surface area contributed by atoms with Crippen molar-refractivity contribution >= 4 is 6.03 Å². The Balaban J connectivity index is 1.91. The van der Waals surface area contributed by atoms with Crippen LogP contribution in [-0.4, -0.2) is 49.1 Å². The lowest BCUT2D eigenvalue weighted by molar-refractivity contribution is -0.670. The van der Waals surface area contributed by atoms with Gasteiger partial charge in [-0.15, -0.1) is 0 Å². The van der Waals surface area contributed by atoms with Crippen molar-refractivity contribution in [3.8, 4) is 0 Å². The van der Waals surface area contributed by atoms with Gasteiger partial charge in [-0.1, -0.05) is 0 Å². The van der Waals surface area contributed by atoms with Crippen LogP contribution in [0.15, 0.2) is 18.7 Å². The maximum absolute atomic E-state index is 12.2. The highest BCUT2D eigenvalue weighted by Crippen LogP contribution is 2.23. The van der Waals surface area contributed by atoms with Crippen molar-refractivity contribution in [2.75, 3.05) is 27.3 Å². The van der Waals surface area contributed by atoms with Crippen molar-refractivity contribution in [2.24, 2.45) is 13.0 Å². The number of nitrogens with zero attached hydrogens (tertiary/aromatic N) is 3. The highest BCUT2D eigenvalue weighted by atomic mass is 16.7. The molecule has 0 N–H and O–H groups in total. The number of amides is 1. The molecule has 0 aromatic carbocycles. The fourth-order valence-electron chi connectivity index (χ4n) is 2.57. The van der Waals surface area contributed by atoms with E-state index < -0.39 is 0 Å². The van der Waals surface area contributed by atoms with Crippen molar-refractivity contribution < 1.29 is 18.8 Å². The van der Waals surface area contributed by atoms with Crippen LogP contribution in [0.4, 0.5) is 4.79 Å². The molecule has 6 nitrogen and oxygen atoms in total. The van der Waals surface area contributed by atoms with Crippen molar-refractivity contribution in [3.05, 3.63) is 18.7 Å². The smallest absolute Gasteiger partial charge is 0.356 e. The first kappa shape index (κ1) is 14.0. The Hall–Kier alpha value is -1.40. The van der Waals surface area contributed by atoms with Crippen molar-refractivity contribution in [1.29, 1.82) is 0 Å². The summed E-state index contributed by atoms with van der Waals surface area (Å²) in [5, 5.41) is 0. The maximum Gasteiger partial charge on any atom is 0.415 e. The Morgan fingerprint density at radius 2 is 1.95 bits per heavy atom. The molecule has 1 fully saturated rings. The fourth-order valence-corrected chi connectivity index (χ4v) is 2.57. The number of ether oxygens (including phenoxy) is 2. The molecule has 1 aromatic rings. The molecule has 2 heterocycles. The number of aromatic nitrogens is 2. The minimum atomic E-state index is -0.165. The Morgan fingerprint density at radius 1 is 1.32 bits per heavy atom. The van der Waals surface area contributed by atoms with Gasteiger partial charge in [0.25, 0.3) is 6.33 Å². The molecule has 0 radical (unpaired) electrons. The highest BCUT2D eigenvalue weighted by Gasteiger charge is 2.30. The van der Waals surface area contributed by atoms with E-state index in [4.69, 9.17) is 9.47 Å². The van der Waals surface area contributed by atoms with Crippen LogP contribution in [0.25, 0.3) is 0 Å². The summed E-state index contributed by atoms with van der Waals surface area (Å²) in [6, 6.07) is 0.0328. The molecule has 1 aromatic heterocycles. The van der Waals surface area contributed by atoms with E-state index in [1.54, 1.807) is 31.3 Å². The van der Waals surface area contributed by atoms with Crippen LogP contribution >= 0.6 is 0 Å². The van der Waals surface area contributed by atoms with E-state index in [0.29, 0.717) is 5.92 Å². The first-order chi connectivity index (χ1) is 9.15. The third-order valence-corrected chi connectivity index (χ3v) is 3.65. The molecule has 0 saturated carbocycles. The van der Waals surface area contributed by atoms with Gasteiger partial charge in [0.05, 0.1) is 7.05 Å². The van der Waals surface area contributed by atoms with E-state index in [1.807, 2.05) is 22.7 Å². The highest BCUT2D eigenvalue weighted by molar-refractivity contribution is 5.76. The SMILES string of the molecule is COC(OC)C1CCN(C(=O)n2cc[n+](C)c2)CC1. The van der Waals surface area contributed by atoms with Gasteiger partial charge >= 0.3 is 6.03 Å². The summed E-state index contributed by atoms with van der Waals surface area (Å²) in [7, 11) is 5.22. The monoisotopic (exact) mass is 268 g/mol. The molecule has 0 aliphatic carbocycles. The molecule has 1 amide bonds. The first-order valence-corrected chi connectivity index (χ1v) is 6.53. The lowest BCUT2D eigenvalue weighted by Crippen LogP contribution is -2.43. The van der Waals surface area contributed by atoms with Crippen LogP contribution in [0.3, 0.4) is 0 Å². The number of hydrogen-bond acceptors (Lipinski definition) is 3. The summed E-state index contributed by atoms with van der Waals surface area (Å²) in [4.78, 5) is 14.1. The van der Waals surface area contributed by atoms with Crippen LogP contribution in [0.5, 0.6) is 0 Å². The third-order valence-electron chi connectivity index (χ3n) is 3.65. The second-order valence-corrected chi connectivity index (χ2v) is 4.93. The Morgan fingerprint density at radius 3 is 2.42 bits per heavy atom. The largest absolute Gasteiger partial charge is 0.415 e. The van der Waals surface area contributed by atoms with Gasteiger partial charge < -0.3 is 14.4 Å². The summed E-state index contributed by atoms with van der Waals surface area (Å²) in [6.07, 6.45) is 7.07. The molecule has 2 rings (SSSR count). The summed E-state index contributed by atoms with van der Waals surface area (Å²) in [6.45, 7) is 1.49. The molecule has 1 saturated heterocycles. The average Bonchev–Trinajstić information content (AvgIpc) is 2.87. The van der Waals surface area contributed by atoms with Gasteiger partial charge in [-0.3, -0.25) is 0 Å². The van der Waals surface area contributed by atoms with Crippen molar-refractivity contribution in [2.45, 2.75) is 19.1 Å². The number of carbonyl (C=O) groups excluding carboxylic acids is 1. The Labute approximate surface area is 113 Å². The predicted molar refractivity (Wildman–Crippen MR) is 68.5 cm³/mol. The van der Waals surface area contributed by atoms with Gasteiger partial charge in [-0.25, -0.2) is 9.36 Å². The van der Waals surface area contributed by atoms with Crippen LogP contribution in [0, 0.1) is 5.92 Å². The van der Waals surface area contributed by atoms with Gasteiger partial charge in [0.15, 0.2) is 6.29 Å². The topological polar surface area (TPSA) is 47.6 Å². The first-order valence-electron chi connectivity index (χ1n) is 6.53. The molecular weight excluding hydrogens is 246 g/mol. The van der Waals surface area contributed by atoms with E-state index in [0.717, 1.165) is 25.9 Å². The molecule has 106 valence electrons. The van der Waals surface area contributed by atoms with Gasteiger partial charge in [-0.2, -0.15) is 4.57 Å². The number of rotatable bonds is 3. The van der Waals surface area contributed by atoms with E-state index >= 15 is 0 Å². The fraction of sp³-hybridized carbons (Fsp3) is 0.692. The standard InChI is InChI=1S/C13H22N3O3/c1-14-8-9-16(10-14)13(17)15-6-4-11(5-7-15)12(18-2)19-3/h8-12H,4-7H2,1-3H3/q+1. The third kappa shape index (κ3) is 3.13. The van der Waals surface area contributed by atoms with E-state index in [-0.39, 0.29) is 12.3 Å². The van der Waals surface area contributed by atoms with Gasteiger partial charge in [0.1, 0.15) is 12.4 Å². The average molecular weight is 268 g/mol. The number of likely N-dealkylation sites (tertiary alicyclic amines) is 1. The minimum Gasteiger partial charge on any atom is -0.356 e. The predicted octanol–water partition coefficient (Wildman–Crippen LogP) is 0.612. The maximum atomic E-state index is 12.2. The summed E-state index contributed by atoms with van der Waals surface area (Å²) in [5.41, 5.74) is 0. The van der Waals surface area contributed by atoms with Gasteiger partial charge in [0, 0.05) is 33.2 Å². The number of aryl methyl sites for hydroxylation is 1. The van der Waals surface area contributed by atoms with Crippen LogP contribution in [0.2, 0.25) is 0 Å². The second kappa shape index (κ2) is 6.16. The molecule has 1 aliphatic heterocycles. The molecule has 0 spiro atoms. The van der Waals surface area contributed by atoms with Gasteiger partial charge in [0.2, 0.25) is 0 Å². The molecule has 0 unspecified atom stereocenters. The quantitative estimate of drug-likeness (QED) is 0.596. The zero-order chi connectivity index (χ0) is 13.8. The molecule has 0 atom stereocenters. The number of imidazole rings is 1. The zero-order valence-corrected chi connectivity index (χ0v) is 11.8. The summed E-state index contributed by atoms with van der Waals surface area (Å²) in [5.74, 6) is 0.361. The molecule has 6 heteroatoms. The molecular formula is C13H22N3O3+. The van der Waals surface area contributed by atoms with Crippen LogP contribution < -0.4 is 4.57 Å². The van der Waals surface area contributed by atoms with E-state index in [9.17, 15) is 4.79 Å². The van der Waals surface area contributed by atoms with E-state index in [1.165, 1.54) is 0 Å². The number of piperidine rings is 1. The Kier molecular flexibility index (Phi) is 4.55. The summed E-state index contributed by atoms with van der Waals surface area (Å²) < 4.78 is 14.1. The van der Waals surface area contributed by atoms with Crippen LogP contribution in [0.1, 0.15) is 12.8 Å². The number of hydrogen-bond donors (Lipinski definition) is 0. The van der Waals surface area contributed by atoms with E-state index in [2.05, 4.69) is 0 Å². The lowest BCUT2D eigenvalue weighted by atomic mass is 9.96. The van der Waals surface area contributed by atoms with Crippen molar-refractivity contribution in [1.82, 2.24) is 9.47 Å². The van der Waals surface area contributed by atoms with Crippen LogP contribution in [-0.2, 0) is 16.5 Å². The van der Waals surface area contributed by atoms with Gasteiger partial charge in [-0.05, 0) is 12.8 Å². The molecule has 0 bridgehead atoms. The van der Waals surface area contributed by atoms with Crippen molar-refractivity contribution in [3.63, 3.8) is 0 Å². The normalized spacial score (nSPS) is 17.2. The summed E-state index contributed by atoms with van der Waals surface area (Å²) >= 11 is 0. The second-order valence-electron chi connectivity index (χ2n) is 4.93. The molecule has 1 aliphatic rings. The number of carbonyl (C=O) groups is 1. The lowest BCUT2D eigenvalue weighted by Gasteiger charge is -2.33.